The Hall–Kier alpha value is -0.650. The van der Waals surface area contributed by atoms with Crippen molar-refractivity contribution in [3.8, 4) is 0 Å². The van der Waals surface area contributed by atoms with Gasteiger partial charge in [0.25, 0.3) is 0 Å². The number of carbonyl (C=O) groups is 1. The second kappa shape index (κ2) is 4.25. The van der Waals surface area contributed by atoms with Crippen molar-refractivity contribution in [2.45, 2.75) is 38.0 Å². The summed E-state index contributed by atoms with van der Waals surface area (Å²) in [6.07, 6.45) is 0.0682. The number of carbonyl (C=O) groups excluding carboxylic acids is 1. The SMILES string of the molecule is CC(C)(CN)NC(=O)[C@@H]1C[C@H](O)CN1. The first-order chi connectivity index (χ1) is 6.44. The van der Waals surface area contributed by atoms with E-state index in [0.717, 1.165) is 0 Å². The lowest BCUT2D eigenvalue weighted by atomic mass is 10.0. The van der Waals surface area contributed by atoms with Gasteiger partial charge >= 0.3 is 0 Å². The van der Waals surface area contributed by atoms with E-state index < -0.39 is 6.10 Å². The minimum absolute atomic E-state index is 0.0861. The molecule has 14 heavy (non-hydrogen) atoms. The van der Waals surface area contributed by atoms with Gasteiger partial charge in [0.1, 0.15) is 0 Å². The van der Waals surface area contributed by atoms with Gasteiger partial charge in [-0.25, -0.2) is 0 Å². The minimum atomic E-state index is -0.410. The van der Waals surface area contributed by atoms with Gasteiger partial charge in [-0.05, 0) is 20.3 Å². The molecule has 0 bridgehead atoms. The monoisotopic (exact) mass is 201 g/mol. The number of hydrogen-bond acceptors (Lipinski definition) is 4. The molecule has 0 aromatic rings. The molecule has 1 rings (SSSR count). The van der Waals surface area contributed by atoms with Crippen molar-refractivity contribution in [2.75, 3.05) is 13.1 Å². The molecule has 1 heterocycles. The van der Waals surface area contributed by atoms with Crippen molar-refractivity contribution in [1.82, 2.24) is 10.6 Å². The predicted molar refractivity (Wildman–Crippen MR) is 53.7 cm³/mol. The van der Waals surface area contributed by atoms with Crippen molar-refractivity contribution in [1.29, 1.82) is 0 Å². The maximum atomic E-state index is 11.6. The summed E-state index contributed by atoms with van der Waals surface area (Å²) >= 11 is 0. The van der Waals surface area contributed by atoms with Crippen LogP contribution < -0.4 is 16.4 Å². The quantitative estimate of drug-likeness (QED) is 0.450. The van der Waals surface area contributed by atoms with Crippen LogP contribution in [0.4, 0.5) is 0 Å². The smallest absolute Gasteiger partial charge is 0.237 e. The molecule has 82 valence electrons. The van der Waals surface area contributed by atoms with Crippen LogP contribution in [-0.4, -0.2) is 41.8 Å². The second-order valence-electron chi connectivity index (χ2n) is 4.43. The number of β-amino-alcohol motifs (C(OH)–C–C–N with tert-alkyl or cyclic N) is 1. The van der Waals surface area contributed by atoms with Crippen LogP contribution in [0.15, 0.2) is 0 Å². The summed E-state index contributed by atoms with van der Waals surface area (Å²) in [6.45, 7) is 4.63. The van der Waals surface area contributed by atoms with Gasteiger partial charge in [0, 0.05) is 18.6 Å². The number of nitrogens with one attached hydrogen (secondary N) is 2. The average Bonchev–Trinajstić information content (AvgIpc) is 2.51. The van der Waals surface area contributed by atoms with Crippen molar-refractivity contribution < 1.29 is 9.90 Å². The summed E-state index contributed by atoms with van der Waals surface area (Å²) in [5.74, 6) is -0.0861. The Kier molecular flexibility index (Phi) is 3.47. The molecule has 0 spiro atoms. The van der Waals surface area contributed by atoms with Gasteiger partial charge in [-0.1, -0.05) is 0 Å². The number of aliphatic hydroxyl groups is 1. The standard InChI is InChI=1S/C9H19N3O2/c1-9(2,5-10)12-8(14)7-3-6(13)4-11-7/h6-7,11,13H,3-5,10H2,1-2H3,(H,12,14)/t6-,7-/m0/s1. The molecular formula is C9H19N3O2. The Morgan fingerprint density at radius 1 is 1.71 bits per heavy atom. The molecule has 1 saturated heterocycles. The summed E-state index contributed by atoms with van der Waals surface area (Å²) in [5, 5.41) is 15.0. The van der Waals surface area contributed by atoms with Gasteiger partial charge in [-0.15, -0.1) is 0 Å². The van der Waals surface area contributed by atoms with Crippen molar-refractivity contribution in [3.63, 3.8) is 0 Å². The van der Waals surface area contributed by atoms with Crippen molar-refractivity contribution in [2.24, 2.45) is 5.73 Å². The zero-order valence-corrected chi connectivity index (χ0v) is 8.71. The highest BCUT2D eigenvalue weighted by Gasteiger charge is 2.30. The van der Waals surface area contributed by atoms with Crippen LogP contribution in [0.3, 0.4) is 0 Å². The molecule has 0 saturated carbocycles. The third-order valence-corrected chi connectivity index (χ3v) is 2.40. The van der Waals surface area contributed by atoms with E-state index in [4.69, 9.17) is 5.73 Å². The summed E-state index contributed by atoms with van der Waals surface area (Å²) < 4.78 is 0. The predicted octanol–water partition coefficient (Wildman–Crippen LogP) is -1.44. The van der Waals surface area contributed by atoms with Gasteiger partial charge in [0.2, 0.25) is 5.91 Å². The van der Waals surface area contributed by atoms with E-state index in [1.54, 1.807) is 0 Å². The lowest BCUT2D eigenvalue weighted by molar-refractivity contribution is -0.124. The minimum Gasteiger partial charge on any atom is -0.392 e. The van der Waals surface area contributed by atoms with Crippen LogP contribution in [0.5, 0.6) is 0 Å². The Labute approximate surface area is 84.0 Å². The largest absolute Gasteiger partial charge is 0.392 e. The molecule has 0 radical (unpaired) electrons. The molecule has 5 N–H and O–H groups in total. The van der Waals surface area contributed by atoms with Gasteiger partial charge in [0.15, 0.2) is 0 Å². The molecule has 5 heteroatoms. The van der Waals surface area contributed by atoms with Crippen LogP contribution in [0, 0.1) is 0 Å². The maximum Gasteiger partial charge on any atom is 0.237 e. The maximum absolute atomic E-state index is 11.6. The summed E-state index contributed by atoms with van der Waals surface area (Å²) in [6, 6.07) is -0.282. The fourth-order valence-corrected chi connectivity index (χ4v) is 1.39. The van der Waals surface area contributed by atoms with E-state index >= 15 is 0 Å². The molecule has 0 aromatic carbocycles. The van der Waals surface area contributed by atoms with Gasteiger partial charge in [-0.2, -0.15) is 0 Å². The lowest BCUT2D eigenvalue weighted by Crippen LogP contribution is -2.53. The highest BCUT2D eigenvalue weighted by Crippen LogP contribution is 2.08. The van der Waals surface area contributed by atoms with Gasteiger partial charge in [0.05, 0.1) is 12.1 Å². The fraction of sp³-hybridized carbons (Fsp3) is 0.889. The summed E-state index contributed by atoms with van der Waals surface area (Å²) in [7, 11) is 0. The first kappa shape index (κ1) is 11.4. The molecule has 1 fully saturated rings. The van der Waals surface area contributed by atoms with Gasteiger partial charge in [-0.3, -0.25) is 4.79 Å². The normalized spacial score (nSPS) is 27.7. The molecule has 2 atom stereocenters. The molecular weight excluding hydrogens is 182 g/mol. The first-order valence-electron chi connectivity index (χ1n) is 4.88. The Morgan fingerprint density at radius 3 is 2.79 bits per heavy atom. The van der Waals surface area contributed by atoms with E-state index in [0.29, 0.717) is 19.5 Å². The highest BCUT2D eigenvalue weighted by molar-refractivity contribution is 5.82. The van der Waals surface area contributed by atoms with Crippen LogP contribution in [-0.2, 0) is 4.79 Å². The number of hydrogen-bond donors (Lipinski definition) is 4. The Bertz CT molecular complexity index is 218. The third-order valence-electron chi connectivity index (χ3n) is 2.40. The van der Waals surface area contributed by atoms with Crippen LogP contribution in [0.2, 0.25) is 0 Å². The van der Waals surface area contributed by atoms with Gasteiger partial charge < -0.3 is 21.5 Å². The van der Waals surface area contributed by atoms with Crippen molar-refractivity contribution >= 4 is 5.91 Å². The molecule has 1 aliphatic rings. The topological polar surface area (TPSA) is 87.4 Å². The number of nitrogens with two attached hydrogens (primary N) is 1. The van der Waals surface area contributed by atoms with E-state index in [2.05, 4.69) is 10.6 Å². The van der Waals surface area contributed by atoms with E-state index in [1.165, 1.54) is 0 Å². The second-order valence-corrected chi connectivity index (χ2v) is 4.43. The van der Waals surface area contributed by atoms with Crippen LogP contribution in [0.1, 0.15) is 20.3 Å². The zero-order valence-electron chi connectivity index (χ0n) is 8.71. The Balaban J connectivity index is 2.43. The summed E-state index contributed by atoms with van der Waals surface area (Å²) in [5.41, 5.74) is 5.11. The first-order valence-corrected chi connectivity index (χ1v) is 4.88. The van der Waals surface area contributed by atoms with Crippen LogP contribution in [0.25, 0.3) is 0 Å². The van der Waals surface area contributed by atoms with E-state index in [1.807, 2.05) is 13.8 Å². The average molecular weight is 201 g/mol. The van der Waals surface area contributed by atoms with Crippen molar-refractivity contribution in [3.05, 3.63) is 0 Å². The zero-order chi connectivity index (χ0) is 10.8. The Morgan fingerprint density at radius 2 is 2.36 bits per heavy atom. The highest BCUT2D eigenvalue weighted by atomic mass is 16.3. The lowest BCUT2D eigenvalue weighted by Gasteiger charge is -2.26. The fourth-order valence-electron chi connectivity index (χ4n) is 1.39. The van der Waals surface area contributed by atoms with E-state index in [9.17, 15) is 9.90 Å². The van der Waals surface area contributed by atoms with Crippen LogP contribution >= 0.6 is 0 Å². The molecule has 0 aromatic heterocycles. The number of aliphatic hydroxyl groups excluding tert-OH is 1. The molecule has 1 aliphatic heterocycles. The summed E-state index contributed by atoms with van der Waals surface area (Å²) in [4.78, 5) is 11.6. The molecule has 0 aliphatic carbocycles. The number of amides is 1. The third kappa shape index (κ3) is 2.94. The molecule has 5 nitrogen and oxygen atoms in total. The number of rotatable bonds is 3. The molecule has 1 amide bonds. The molecule has 0 unspecified atom stereocenters. The van der Waals surface area contributed by atoms with E-state index in [-0.39, 0.29) is 17.5 Å².